The summed E-state index contributed by atoms with van der Waals surface area (Å²) >= 11 is 5.81. The van der Waals surface area contributed by atoms with Crippen LogP contribution < -0.4 is 0 Å². The summed E-state index contributed by atoms with van der Waals surface area (Å²) in [5.41, 5.74) is 0.825. The molecule has 0 aliphatic heterocycles. The third-order valence-electron chi connectivity index (χ3n) is 1.72. The van der Waals surface area contributed by atoms with Gasteiger partial charge >= 0.3 is 0 Å². The summed E-state index contributed by atoms with van der Waals surface area (Å²) in [5.74, 6) is 1.04. The maximum Gasteiger partial charge on any atom is 0.264 e. The van der Waals surface area contributed by atoms with Crippen LogP contribution in [0.2, 0.25) is 5.02 Å². The third kappa shape index (κ3) is 1.45. The van der Waals surface area contributed by atoms with Crippen LogP contribution in [0.1, 0.15) is 5.89 Å². The Bertz CT molecular complexity index is 432. The van der Waals surface area contributed by atoms with E-state index in [9.17, 15) is 0 Å². The van der Waals surface area contributed by atoms with Crippen LogP contribution in [-0.2, 0) is 7.05 Å². The Labute approximate surface area is 80.1 Å². The van der Waals surface area contributed by atoms with Crippen molar-refractivity contribution >= 4 is 11.6 Å². The predicted octanol–water partition coefficient (Wildman–Crippen LogP) is 2.04. The van der Waals surface area contributed by atoms with Gasteiger partial charge in [0.05, 0.1) is 5.02 Å². The van der Waals surface area contributed by atoms with E-state index in [2.05, 4.69) is 10.2 Å². The minimum atomic E-state index is 0.493. The smallest absolute Gasteiger partial charge is 0.264 e. The van der Waals surface area contributed by atoms with E-state index >= 15 is 0 Å². The van der Waals surface area contributed by atoms with Gasteiger partial charge in [0.2, 0.25) is 5.89 Å². The molecule has 5 heteroatoms. The molecule has 0 saturated carbocycles. The molecular weight excluding hydrogens is 190 g/mol. The van der Waals surface area contributed by atoms with Crippen molar-refractivity contribution in [3.05, 3.63) is 23.2 Å². The SMILES string of the molecule is Cc1nnc(-c2cc(Cl)cn2C)o1. The zero-order valence-corrected chi connectivity index (χ0v) is 8.04. The zero-order valence-electron chi connectivity index (χ0n) is 7.28. The first-order valence-corrected chi connectivity index (χ1v) is 4.17. The van der Waals surface area contributed by atoms with Crippen molar-refractivity contribution in [1.82, 2.24) is 14.8 Å². The molecule has 2 heterocycles. The molecule has 0 aromatic carbocycles. The third-order valence-corrected chi connectivity index (χ3v) is 1.92. The standard InChI is InChI=1S/C8H8ClN3O/c1-5-10-11-8(13-5)7-3-6(9)4-12(7)2/h3-4H,1-2H3. The Kier molecular flexibility index (Phi) is 1.84. The van der Waals surface area contributed by atoms with E-state index in [1.807, 2.05) is 11.6 Å². The summed E-state index contributed by atoms with van der Waals surface area (Å²) in [7, 11) is 1.88. The molecule has 0 fully saturated rings. The fourth-order valence-corrected chi connectivity index (χ4v) is 1.39. The first kappa shape index (κ1) is 8.31. The van der Waals surface area contributed by atoms with Gasteiger partial charge in [-0.2, -0.15) is 0 Å². The molecule has 0 bridgehead atoms. The number of hydrogen-bond donors (Lipinski definition) is 0. The van der Waals surface area contributed by atoms with Crippen LogP contribution in [-0.4, -0.2) is 14.8 Å². The van der Waals surface area contributed by atoms with Crippen LogP contribution in [0, 0.1) is 6.92 Å². The second-order valence-electron chi connectivity index (χ2n) is 2.78. The van der Waals surface area contributed by atoms with E-state index in [0.29, 0.717) is 16.8 Å². The van der Waals surface area contributed by atoms with Crippen LogP contribution >= 0.6 is 11.6 Å². The summed E-state index contributed by atoms with van der Waals surface area (Å²) in [5, 5.41) is 8.29. The van der Waals surface area contributed by atoms with Gasteiger partial charge < -0.3 is 8.98 Å². The Balaban J connectivity index is 2.51. The lowest BCUT2D eigenvalue weighted by Gasteiger charge is -1.94. The van der Waals surface area contributed by atoms with E-state index in [-0.39, 0.29) is 0 Å². The molecule has 13 heavy (non-hydrogen) atoms. The first-order chi connectivity index (χ1) is 6.16. The van der Waals surface area contributed by atoms with Crippen molar-refractivity contribution in [3.8, 4) is 11.6 Å². The molecule has 0 unspecified atom stereocenters. The molecule has 0 spiro atoms. The molecule has 2 aromatic heterocycles. The van der Waals surface area contributed by atoms with Crippen molar-refractivity contribution in [1.29, 1.82) is 0 Å². The number of nitrogens with zero attached hydrogens (tertiary/aromatic N) is 3. The summed E-state index contributed by atoms with van der Waals surface area (Å²) in [6.07, 6.45) is 1.79. The molecule has 2 rings (SSSR count). The van der Waals surface area contributed by atoms with Crippen molar-refractivity contribution in [2.45, 2.75) is 6.92 Å². The molecule has 0 N–H and O–H groups in total. The number of aryl methyl sites for hydroxylation is 2. The Morgan fingerprint density at radius 2 is 2.23 bits per heavy atom. The predicted molar refractivity (Wildman–Crippen MR) is 48.5 cm³/mol. The average molecular weight is 198 g/mol. The summed E-state index contributed by atoms with van der Waals surface area (Å²) in [6.45, 7) is 1.75. The maximum atomic E-state index is 5.81. The van der Waals surface area contributed by atoms with Gasteiger partial charge in [0.15, 0.2) is 0 Å². The van der Waals surface area contributed by atoms with Gasteiger partial charge in [-0.05, 0) is 6.07 Å². The number of rotatable bonds is 1. The van der Waals surface area contributed by atoms with Gasteiger partial charge in [0.1, 0.15) is 5.69 Å². The second kappa shape index (κ2) is 2.88. The highest BCUT2D eigenvalue weighted by Crippen LogP contribution is 2.22. The van der Waals surface area contributed by atoms with Crippen LogP contribution in [0.4, 0.5) is 0 Å². The van der Waals surface area contributed by atoms with Crippen LogP contribution in [0.3, 0.4) is 0 Å². The van der Waals surface area contributed by atoms with Gasteiger partial charge in [-0.15, -0.1) is 10.2 Å². The van der Waals surface area contributed by atoms with Gasteiger partial charge in [0, 0.05) is 20.2 Å². The topological polar surface area (TPSA) is 43.9 Å². The first-order valence-electron chi connectivity index (χ1n) is 3.79. The van der Waals surface area contributed by atoms with Crippen molar-refractivity contribution in [2.24, 2.45) is 7.05 Å². The van der Waals surface area contributed by atoms with E-state index in [1.165, 1.54) is 0 Å². The molecule has 0 aliphatic rings. The van der Waals surface area contributed by atoms with Crippen LogP contribution in [0.25, 0.3) is 11.6 Å². The minimum absolute atomic E-state index is 0.493. The summed E-state index contributed by atoms with van der Waals surface area (Å²) in [6, 6.07) is 1.79. The lowest BCUT2D eigenvalue weighted by molar-refractivity contribution is 0.528. The lowest BCUT2D eigenvalue weighted by atomic mass is 10.4. The second-order valence-corrected chi connectivity index (χ2v) is 3.22. The Morgan fingerprint density at radius 3 is 2.69 bits per heavy atom. The molecule has 0 amide bonds. The highest BCUT2D eigenvalue weighted by atomic mass is 35.5. The summed E-state index contributed by atoms with van der Waals surface area (Å²) in [4.78, 5) is 0. The highest BCUT2D eigenvalue weighted by molar-refractivity contribution is 6.30. The molecule has 68 valence electrons. The number of hydrogen-bond acceptors (Lipinski definition) is 3. The van der Waals surface area contributed by atoms with Crippen LogP contribution in [0.5, 0.6) is 0 Å². The Hall–Kier alpha value is -1.29. The van der Waals surface area contributed by atoms with E-state index in [0.717, 1.165) is 5.69 Å². The van der Waals surface area contributed by atoms with Gasteiger partial charge in [-0.3, -0.25) is 0 Å². The molecule has 0 radical (unpaired) electrons. The molecule has 4 nitrogen and oxygen atoms in total. The molecule has 0 atom stereocenters. The van der Waals surface area contributed by atoms with Gasteiger partial charge in [-0.1, -0.05) is 11.6 Å². The average Bonchev–Trinajstić information content (AvgIpc) is 2.58. The maximum absolute atomic E-state index is 5.81. The molecule has 0 aliphatic carbocycles. The van der Waals surface area contributed by atoms with Gasteiger partial charge in [0.25, 0.3) is 5.89 Å². The minimum Gasteiger partial charge on any atom is -0.420 e. The Morgan fingerprint density at radius 1 is 1.46 bits per heavy atom. The summed E-state index contributed by atoms with van der Waals surface area (Å²) < 4.78 is 7.10. The van der Waals surface area contributed by atoms with Crippen molar-refractivity contribution < 1.29 is 4.42 Å². The van der Waals surface area contributed by atoms with E-state index in [1.54, 1.807) is 19.2 Å². The highest BCUT2D eigenvalue weighted by Gasteiger charge is 2.10. The monoisotopic (exact) mass is 197 g/mol. The van der Waals surface area contributed by atoms with E-state index in [4.69, 9.17) is 16.0 Å². The van der Waals surface area contributed by atoms with Gasteiger partial charge in [-0.25, -0.2) is 0 Å². The fourth-order valence-electron chi connectivity index (χ4n) is 1.14. The number of aromatic nitrogens is 3. The molecular formula is C8H8ClN3O. The molecule has 2 aromatic rings. The fraction of sp³-hybridized carbons (Fsp3) is 0.250. The van der Waals surface area contributed by atoms with Crippen LogP contribution in [0.15, 0.2) is 16.7 Å². The van der Waals surface area contributed by atoms with Crippen molar-refractivity contribution in [2.75, 3.05) is 0 Å². The van der Waals surface area contributed by atoms with E-state index < -0.39 is 0 Å². The quantitative estimate of drug-likeness (QED) is 0.703. The number of halogens is 1. The lowest BCUT2D eigenvalue weighted by Crippen LogP contribution is -1.88. The van der Waals surface area contributed by atoms with Crippen molar-refractivity contribution in [3.63, 3.8) is 0 Å². The zero-order chi connectivity index (χ0) is 9.42. The normalized spacial score (nSPS) is 10.7. The largest absolute Gasteiger partial charge is 0.420 e. The molecule has 0 saturated heterocycles.